The largest absolute Gasteiger partial charge is 0.493 e. The van der Waals surface area contributed by atoms with Gasteiger partial charge in [-0.2, -0.15) is 5.10 Å². The van der Waals surface area contributed by atoms with Gasteiger partial charge in [0.2, 0.25) is 5.91 Å². The maximum Gasteiger partial charge on any atom is 0.244 e. The highest BCUT2D eigenvalue weighted by molar-refractivity contribution is 6.30. The van der Waals surface area contributed by atoms with Gasteiger partial charge in [-0.1, -0.05) is 60.1 Å². The van der Waals surface area contributed by atoms with Gasteiger partial charge in [-0.15, -0.1) is 0 Å². The van der Waals surface area contributed by atoms with Gasteiger partial charge in [0.1, 0.15) is 6.61 Å². The highest BCUT2D eigenvalue weighted by atomic mass is 35.5. The molecule has 6 heteroatoms. The highest BCUT2D eigenvalue weighted by Crippen LogP contribution is 2.30. The van der Waals surface area contributed by atoms with E-state index in [4.69, 9.17) is 21.1 Å². The monoisotopic (exact) mass is 408 g/mol. The molecule has 3 aromatic rings. The molecule has 0 saturated carbocycles. The molecule has 5 nitrogen and oxygen atoms in total. The number of nitrogens with zero attached hydrogens (tertiary/aromatic N) is 1. The van der Waals surface area contributed by atoms with Crippen LogP contribution in [0.25, 0.3) is 0 Å². The first kappa shape index (κ1) is 20.4. The number of amides is 1. The maximum atomic E-state index is 12.1. The van der Waals surface area contributed by atoms with Crippen molar-refractivity contribution in [3.63, 3.8) is 0 Å². The highest BCUT2D eigenvalue weighted by Gasteiger charge is 2.10. The van der Waals surface area contributed by atoms with Gasteiger partial charge < -0.3 is 9.47 Å². The van der Waals surface area contributed by atoms with Crippen LogP contribution in [0.2, 0.25) is 5.02 Å². The van der Waals surface area contributed by atoms with Crippen molar-refractivity contribution in [2.45, 2.75) is 13.0 Å². The standard InChI is InChI=1S/C23H21ClN2O3/c1-28-21-9-5-8-19(23(21)29-16-18-6-3-2-4-7-18)15-25-26-22(27)14-17-10-12-20(24)13-11-17/h2-13,15H,14,16H2,1H3,(H,26,27)/b25-15-. The fourth-order valence-corrected chi connectivity index (χ4v) is 2.81. The van der Waals surface area contributed by atoms with Crippen molar-refractivity contribution >= 4 is 23.7 Å². The third-order valence-corrected chi connectivity index (χ3v) is 4.38. The third kappa shape index (κ3) is 6.09. The van der Waals surface area contributed by atoms with Crippen molar-refractivity contribution < 1.29 is 14.3 Å². The first-order valence-corrected chi connectivity index (χ1v) is 9.43. The van der Waals surface area contributed by atoms with Crippen LogP contribution >= 0.6 is 11.6 Å². The molecule has 0 unspecified atom stereocenters. The molecular weight excluding hydrogens is 388 g/mol. The van der Waals surface area contributed by atoms with Crippen molar-refractivity contribution in [3.8, 4) is 11.5 Å². The van der Waals surface area contributed by atoms with E-state index in [1.54, 1.807) is 25.5 Å². The molecule has 3 rings (SSSR count). The van der Waals surface area contributed by atoms with Crippen LogP contribution in [0.1, 0.15) is 16.7 Å². The van der Waals surface area contributed by atoms with Crippen LogP contribution in [-0.2, 0) is 17.8 Å². The Balaban J connectivity index is 1.65. The van der Waals surface area contributed by atoms with Crippen molar-refractivity contribution in [3.05, 3.63) is 94.5 Å². The molecule has 1 amide bonds. The quantitative estimate of drug-likeness (QED) is 0.437. The summed E-state index contributed by atoms with van der Waals surface area (Å²) in [6.07, 6.45) is 1.76. The lowest BCUT2D eigenvalue weighted by atomic mass is 10.1. The van der Waals surface area contributed by atoms with Crippen molar-refractivity contribution in [2.24, 2.45) is 5.10 Å². The van der Waals surface area contributed by atoms with E-state index in [2.05, 4.69) is 10.5 Å². The molecule has 0 saturated heterocycles. The zero-order chi connectivity index (χ0) is 20.5. The van der Waals surface area contributed by atoms with Gasteiger partial charge in [0, 0.05) is 10.6 Å². The van der Waals surface area contributed by atoms with Gasteiger partial charge in [0.05, 0.1) is 19.7 Å². The molecular formula is C23H21ClN2O3. The second kappa shape index (κ2) is 10.3. The smallest absolute Gasteiger partial charge is 0.244 e. The Morgan fingerprint density at radius 3 is 2.48 bits per heavy atom. The van der Waals surface area contributed by atoms with E-state index in [-0.39, 0.29) is 12.3 Å². The molecule has 0 heterocycles. The van der Waals surface area contributed by atoms with Crippen LogP contribution in [0.3, 0.4) is 0 Å². The number of rotatable bonds is 8. The second-order valence-corrected chi connectivity index (χ2v) is 6.69. The van der Waals surface area contributed by atoms with E-state index in [0.717, 1.165) is 11.1 Å². The van der Waals surface area contributed by atoms with Crippen molar-refractivity contribution in [1.29, 1.82) is 0 Å². The number of carbonyl (C=O) groups is 1. The lowest BCUT2D eigenvalue weighted by Gasteiger charge is -2.13. The molecule has 0 bridgehead atoms. The molecule has 0 aliphatic heterocycles. The summed E-state index contributed by atoms with van der Waals surface area (Å²) in [6, 6.07) is 22.5. The van der Waals surface area contributed by atoms with Crippen LogP contribution < -0.4 is 14.9 Å². The summed E-state index contributed by atoms with van der Waals surface area (Å²) in [5, 5.41) is 4.69. The Morgan fingerprint density at radius 1 is 1.00 bits per heavy atom. The molecule has 0 aliphatic rings. The Morgan fingerprint density at radius 2 is 1.76 bits per heavy atom. The van der Waals surface area contributed by atoms with E-state index in [0.29, 0.717) is 28.7 Å². The van der Waals surface area contributed by atoms with Crippen LogP contribution in [0.5, 0.6) is 11.5 Å². The Kier molecular flexibility index (Phi) is 7.25. The molecule has 0 aromatic heterocycles. The normalized spacial score (nSPS) is 10.7. The minimum Gasteiger partial charge on any atom is -0.493 e. The molecule has 0 atom stereocenters. The number of benzene rings is 3. The van der Waals surface area contributed by atoms with Gasteiger partial charge >= 0.3 is 0 Å². The average Bonchev–Trinajstić information content (AvgIpc) is 2.75. The molecule has 0 radical (unpaired) electrons. The van der Waals surface area contributed by atoms with Gasteiger partial charge in [0.25, 0.3) is 0 Å². The molecule has 3 aromatic carbocycles. The number of halogens is 1. The van der Waals surface area contributed by atoms with E-state index >= 15 is 0 Å². The van der Waals surface area contributed by atoms with Gasteiger partial charge in [-0.25, -0.2) is 5.43 Å². The maximum absolute atomic E-state index is 12.1. The molecule has 29 heavy (non-hydrogen) atoms. The first-order chi connectivity index (χ1) is 14.2. The fraction of sp³-hybridized carbons (Fsp3) is 0.130. The number of methoxy groups -OCH3 is 1. The summed E-state index contributed by atoms with van der Waals surface area (Å²) in [6.45, 7) is 0.394. The zero-order valence-corrected chi connectivity index (χ0v) is 16.7. The van der Waals surface area contributed by atoms with Crippen molar-refractivity contribution in [1.82, 2.24) is 5.43 Å². The van der Waals surface area contributed by atoms with Crippen LogP contribution in [0.15, 0.2) is 77.9 Å². The summed E-state index contributed by atoms with van der Waals surface area (Å²) in [5.41, 5.74) is 5.13. The van der Waals surface area contributed by atoms with E-state index in [9.17, 15) is 4.79 Å². The molecule has 0 aliphatic carbocycles. The number of hydrogen-bond donors (Lipinski definition) is 1. The summed E-state index contributed by atoms with van der Waals surface area (Å²) >= 11 is 5.86. The predicted molar refractivity (Wildman–Crippen MR) is 115 cm³/mol. The molecule has 148 valence electrons. The molecule has 1 N–H and O–H groups in total. The Hall–Kier alpha value is -3.31. The number of ether oxygens (including phenoxy) is 2. The minimum atomic E-state index is -0.224. The average molecular weight is 409 g/mol. The zero-order valence-electron chi connectivity index (χ0n) is 16.0. The second-order valence-electron chi connectivity index (χ2n) is 6.25. The Bertz CT molecular complexity index is 973. The SMILES string of the molecule is COc1cccc(/C=N\NC(=O)Cc2ccc(Cl)cc2)c1OCc1ccccc1. The van der Waals surface area contributed by atoms with Gasteiger partial charge in [-0.3, -0.25) is 4.79 Å². The number of hydrazone groups is 1. The van der Waals surface area contributed by atoms with Gasteiger partial charge in [0.15, 0.2) is 11.5 Å². The number of nitrogens with one attached hydrogen (secondary N) is 1. The minimum absolute atomic E-state index is 0.212. The predicted octanol–water partition coefficient (Wildman–Crippen LogP) is 4.62. The Labute approximate surface area is 174 Å². The summed E-state index contributed by atoms with van der Waals surface area (Å²) in [7, 11) is 1.58. The molecule has 0 fully saturated rings. The van der Waals surface area contributed by atoms with E-state index < -0.39 is 0 Å². The summed E-state index contributed by atoms with van der Waals surface area (Å²) < 4.78 is 11.4. The van der Waals surface area contributed by atoms with E-state index in [1.165, 1.54) is 0 Å². The lowest BCUT2D eigenvalue weighted by molar-refractivity contribution is -0.120. The van der Waals surface area contributed by atoms with E-state index in [1.807, 2.05) is 60.7 Å². The fourth-order valence-electron chi connectivity index (χ4n) is 2.68. The van der Waals surface area contributed by atoms with Crippen LogP contribution in [0.4, 0.5) is 0 Å². The summed E-state index contributed by atoms with van der Waals surface area (Å²) in [4.78, 5) is 12.1. The summed E-state index contributed by atoms with van der Waals surface area (Å²) in [5.74, 6) is 0.935. The molecule has 0 spiro atoms. The van der Waals surface area contributed by atoms with Crippen LogP contribution in [-0.4, -0.2) is 19.2 Å². The van der Waals surface area contributed by atoms with Crippen LogP contribution in [0, 0.1) is 0 Å². The number of carbonyl (C=O) groups excluding carboxylic acids is 1. The number of para-hydroxylation sites is 1. The third-order valence-electron chi connectivity index (χ3n) is 4.13. The number of hydrogen-bond acceptors (Lipinski definition) is 4. The lowest BCUT2D eigenvalue weighted by Crippen LogP contribution is -2.19. The van der Waals surface area contributed by atoms with Gasteiger partial charge in [-0.05, 0) is 35.4 Å². The first-order valence-electron chi connectivity index (χ1n) is 9.06. The van der Waals surface area contributed by atoms with Crippen molar-refractivity contribution in [2.75, 3.05) is 7.11 Å². The topological polar surface area (TPSA) is 59.9 Å².